The Balaban J connectivity index is 2.19. The Bertz CT molecular complexity index is 281. The third-order valence-electron chi connectivity index (χ3n) is 2.45. The first-order valence-corrected chi connectivity index (χ1v) is 6.08. The summed E-state index contributed by atoms with van der Waals surface area (Å²) in [4.78, 5) is 3.44. The summed E-state index contributed by atoms with van der Waals surface area (Å²) in [5.41, 5.74) is 2.61. The van der Waals surface area contributed by atoms with Gasteiger partial charge in [-0.05, 0) is 37.4 Å². The quantitative estimate of drug-likeness (QED) is 0.665. The Morgan fingerprint density at radius 1 is 1.31 bits per heavy atom. The maximum Gasteiger partial charge on any atom is 0.0474 e. The van der Waals surface area contributed by atoms with Gasteiger partial charge in [-0.1, -0.05) is 13.8 Å². The van der Waals surface area contributed by atoms with E-state index in [1.165, 1.54) is 11.4 Å². The van der Waals surface area contributed by atoms with Crippen molar-refractivity contribution >= 4 is 0 Å². The smallest absolute Gasteiger partial charge is 0.0474 e. The number of hydrogen-bond acceptors (Lipinski definition) is 2. The Morgan fingerprint density at radius 3 is 2.75 bits per heavy atom. The van der Waals surface area contributed by atoms with Gasteiger partial charge in [0.05, 0.1) is 0 Å². The molecule has 92 valence electrons. The molecule has 0 fully saturated rings. The molecule has 0 aliphatic heterocycles. The average molecular weight is 224 g/mol. The van der Waals surface area contributed by atoms with E-state index in [0.29, 0.717) is 5.92 Å². The minimum atomic E-state index is 0.709. The van der Waals surface area contributed by atoms with E-state index in [4.69, 9.17) is 4.74 Å². The van der Waals surface area contributed by atoms with Gasteiger partial charge in [0.2, 0.25) is 0 Å². The third-order valence-corrected chi connectivity index (χ3v) is 2.45. The molecule has 0 unspecified atom stereocenters. The van der Waals surface area contributed by atoms with Gasteiger partial charge >= 0.3 is 0 Å². The van der Waals surface area contributed by atoms with E-state index >= 15 is 0 Å². The summed E-state index contributed by atoms with van der Waals surface area (Å²) in [6.07, 6.45) is 2.19. The largest absolute Gasteiger partial charge is 0.385 e. The second-order valence-corrected chi connectivity index (χ2v) is 4.63. The van der Waals surface area contributed by atoms with E-state index in [1.54, 1.807) is 7.11 Å². The van der Waals surface area contributed by atoms with Gasteiger partial charge in [0.25, 0.3) is 0 Å². The van der Waals surface area contributed by atoms with Crippen LogP contribution < -0.4 is 5.32 Å². The van der Waals surface area contributed by atoms with Gasteiger partial charge in [-0.2, -0.15) is 0 Å². The van der Waals surface area contributed by atoms with Crippen molar-refractivity contribution in [2.24, 2.45) is 5.92 Å². The molecule has 0 atom stereocenters. The molecule has 0 spiro atoms. The fourth-order valence-electron chi connectivity index (χ4n) is 1.72. The van der Waals surface area contributed by atoms with Crippen LogP contribution in [0.15, 0.2) is 12.1 Å². The van der Waals surface area contributed by atoms with E-state index in [-0.39, 0.29) is 0 Å². The molecule has 16 heavy (non-hydrogen) atoms. The zero-order valence-electron chi connectivity index (χ0n) is 10.7. The minimum Gasteiger partial charge on any atom is -0.385 e. The Morgan fingerprint density at radius 2 is 2.06 bits per heavy atom. The summed E-state index contributed by atoms with van der Waals surface area (Å²) in [5.74, 6) is 0.709. The van der Waals surface area contributed by atoms with Gasteiger partial charge in [0, 0.05) is 31.6 Å². The molecular formula is C13H24N2O. The predicted octanol–water partition coefficient (Wildman–Crippen LogP) is 2.34. The number of rotatable bonds is 8. The highest BCUT2D eigenvalue weighted by molar-refractivity contribution is 5.13. The van der Waals surface area contributed by atoms with E-state index in [0.717, 1.165) is 32.5 Å². The van der Waals surface area contributed by atoms with Crippen LogP contribution in [0.3, 0.4) is 0 Å². The molecule has 1 heterocycles. The molecule has 0 bridgehead atoms. The monoisotopic (exact) mass is 224 g/mol. The van der Waals surface area contributed by atoms with Crippen molar-refractivity contribution in [1.82, 2.24) is 10.3 Å². The number of aromatic nitrogens is 1. The van der Waals surface area contributed by atoms with Crippen LogP contribution in [-0.2, 0) is 17.7 Å². The first kappa shape index (κ1) is 13.3. The van der Waals surface area contributed by atoms with E-state index in [9.17, 15) is 0 Å². The van der Waals surface area contributed by atoms with Crippen molar-refractivity contribution in [3.05, 3.63) is 23.5 Å². The lowest BCUT2D eigenvalue weighted by Crippen LogP contribution is -2.16. The van der Waals surface area contributed by atoms with Crippen LogP contribution >= 0.6 is 0 Å². The molecule has 0 saturated heterocycles. The lowest BCUT2D eigenvalue weighted by molar-refractivity contribution is 0.194. The maximum atomic E-state index is 4.99. The van der Waals surface area contributed by atoms with Crippen LogP contribution in [0.5, 0.6) is 0 Å². The lowest BCUT2D eigenvalue weighted by atomic mass is 10.1. The molecular weight excluding hydrogens is 200 g/mol. The Hall–Kier alpha value is -0.800. The first-order chi connectivity index (χ1) is 7.72. The van der Waals surface area contributed by atoms with Gasteiger partial charge in [-0.3, -0.25) is 0 Å². The maximum absolute atomic E-state index is 4.99. The minimum absolute atomic E-state index is 0.709. The molecule has 0 aliphatic carbocycles. The molecule has 2 N–H and O–H groups in total. The molecule has 3 nitrogen and oxygen atoms in total. The van der Waals surface area contributed by atoms with Gasteiger partial charge in [-0.25, -0.2) is 0 Å². The van der Waals surface area contributed by atoms with Gasteiger partial charge in [0.15, 0.2) is 0 Å². The van der Waals surface area contributed by atoms with Crippen molar-refractivity contribution in [3.63, 3.8) is 0 Å². The summed E-state index contributed by atoms with van der Waals surface area (Å²) in [5, 5.41) is 3.39. The predicted molar refractivity (Wildman–Crippen MR) is 67.5 cm³/mol. The SMILES string of the molecule is COCCCNCc1ccc(CC(C)C)[nH]1. The van der Waals surface area contributed by atoms with Gasteiger partial charge < -0.3 is 15.0 Å². The second kappa shape index (κ2) is 7.47. The van der Waals surface area contributed by atoms with E-state index < -0.39 is 0 Å². The zero-order chi connectivity index (χ0) is 11.8. The van der Waals surface area contributed by atoms with Gasteiger partial charge in [-0.15, -0.1) is 0 Å². The van der Waals surface area contributed by atoms with Crippen LogP contribution in [0.1, 0.15) is 31.7 Å². The molecule has 1 aromatic rings. The van der Waals surface area contributed by atoms with Crippen LogP contribution in [0, 0.1) is 5.92 Å². The Labute approximate surface area is 98.6 Å². The number of aromatic amines is 1. The molecule has 3 heteroatoms. The number of hydrogen-bond donors (Lipinski definition) is 2. The highest BCUT2D eigenvalue weighted by Gasteiger charge is 2.01. The number of ether oxygens (including phenoxy) is 1. The first-order valence-electron chi connectivity index (χ1n) is 6.08. The van der Waals surface area contributed by atoms with Crippen molar-refractivity contribution in [1.29, 1.82) is 0 Å². The average Bonchev–Trinajstić information content (AvgIpc) is 2.64. The van der Waals surface area contributed by atoms with E-state index in [1.807, 2.05) is 0 Å². The summed E-state index contributed by atoms with van der Waals surface area (Å²) >= 11 is 0. The van der Waals surface area contributed by atoms with Gasteiger partial charge in [0.1, 0.15) is 0 Å². The zero-order valence-corrected chi connectivity index (χ0v) is 10.7. The fourth-order valence-corrected chi connectivity index (χ4v) is 1.72. The van der Waals surface area contributed by atoms with E-state index in [2.05, 4.69) is 36.3 Å². The van der Waals surface area contributed by atoms with Crippen LogP contribution in [0.25, 0.3) is 0 Å². The molecule has 1 aromatic heterocycles. The topological polar surface area (TPSA) is 37.0 Å². The van der Waals surface area contributed by atoms with Crippen LogP contribution in [-0.4, -0.2) is 25.2 Å². The normalized spacial score (nSPS) is 11.2. The molecule has 0 radical (unpaired) electrons. The molecule has 0 aromatic carbocycles. The molecule has 0 saturated carbocycles. The molecule has 0 aliphatic rings. The number of H-pyrrole nitrogens is 1. The third kappa shape index (κ3) is 5.33. The molecule has 1 rings (SSSR count). The van der Waals surface area contributed by atoms with Crippen molar-refractivity contribution in [2.75, 3.05) is 20.3 Å². The molecule has 0 amide bonds. The Kier molecular flexibility index (Phi) is 6.19. The summed E-state index contributed by atoms with van der Waals surface area (Å²) in [6.45, 7) is 7.23. The lowest BCUT2D eigenvalue weighted by Gasteiger charge is -2.03. The fraction of sp³-hybridized carbons (Fsp3) is 0.692. The van der Waals surface area contributed by atoms with Crippen molar-refractivity contribution in [3.8, 4) is 0 Å². The van der Waals surface area contributed by atoms with Crippen LogP contribution in [0.4, 0.5) is 0 Å². The standard InChI is InChI=1S/C13H24N2O/c1-11(2)9-12-5-6-13(15-12)10-14-7-4-8-16-3/h5-6,11,14-15H,4,7-10H2,1-3H3. The number of nitrogens with one attached hydrogen (secondary N) is 2. The summed E-state index contributed by atoms with van der Waals surface area (Å²) < 4.78 is 4.99. The van der Waals surface area contributed by atoms with Crippen molar-refractivity contribution in [2.45, 2.75) is 33.2 Å². The summed E-state index contributed by atoms with van der Waals surface area (Å²) in [6, 6.07) is 4.35. The summed E-state index contributed by atoms with van der Waals surface area (Å²) in [7, 11) is 1.74. The highest BCUT2D eigenvalue weighted by Crippen LogP contribution is 2.07. The van der Waals surface area contributed by atoms with Crippen LogP contribution in [0.2, 0.25) is 0 Å². The highest BCUT2D eigenvalue weighted by atomic mass is 16.5. The number of methoxy groups -OCH3 is 1. The second-order valence-electron chi connectivity index (χ2n) is 4.63. The van der Waals surface area contributed by atoms with Crippen molar-refractivity contribution < 1.29 is 4.74 Å².